The second-order valence-corrected chi connectivity index (χ2v) is 2.89. The summed E-state index contributed by atoms with van der Waals surface area (Å²) in [5.74, 6) is 4.65. The summed E-state index contributed by atoms with van der Waals surface area (Å²) in [5.41, 5.74) is 0. The molecule has 0 amide bonds. The molecule has 0 heterocycles. The fourth-order valence-corrected chi connectivity index (χ4v) is 1.09. The Bertz CT molecular complexity index is 115. The zero-order valence-corrected chi connectivity index (χ0v) is 6.91. The van der Waals surface area contributed by atoms with Crippen LogP contribution in [0.3, 0.4) is 0 Å². The molecule has 0 aromatic rings. The van der Waals surface area contributed by atoms with Gasteiger partial charge in [0.15, 0.2) is 0 Å². The molecule has 0 aliphatic rings. The van der Waals surface area contributed by atoms with Crippen molar-refractivity contribution in [2.24, 2.45) is 0 Å². The third kappa shape index (κ3) is 7.61. The van der Waals surface area contributed by atoms with Crippen molar-refractivity contribution in [3.05, 3.63) is 12.7 Å². The lowest BCUT2D eigenvalue weighted by molar-refractivity contribution is 0.818. The van der Waals surface area contributed by atoms with E-state index in [-0.39, 0.29) is 0 Å². The molecular weight excluding hydrogens is 142 g/mol. The van der Waals surface area contributed by atoms with E-state index in [4.69, 9.17) is 6.42 Å². The van der Waals surface area contributed by atoms with Crippen LogP contribution in [0.15, 0.2) is 12.7 Å². The van der Waals surface area contributed by atoms with Crippen molar-refractivity contribution in [1.82, 2.24) is 5.32 Å². The molecular formula is C8H13NS. The third-order valence-corrected chi connectivity index (χ3v) is 1.85. The summed E-state index contributed by atoms with van der Waals surface area (Å²) in [5, 5.41) is 3.10. The van der Waals surface area contributed by atoms with E-state index >= 15 is 0 Å². The van der Waals surface area contributed by atoms with Crippen molar-refractivity contribution in [2.45, 2.75) is 0 Å². The maximum Gasteiger partial charge on any atom is 0.0574 e. The first-order valence-corrected chi connectivity index (χ1v) is 4.40. The number of nitrogens with one attached hydrogen (secondary N) is 1. The average Bonchev–Trinajstić information content (AvgIpc) is 1.97. The van der Waals surface area contributed by atoms with Gasteiger partial charge in [-0.15, -0.1) is 13.0 Å². The number of hydrogen-bond acceptors (Lipinski definition) is 2. The largest absolute Gasteiger partial charge is 0.305 e. The molecule has 0 aliphatic heterocycles. The van der Waals surface area contributed by atoms with Gasteiger partial charge < -0.3 is 5.32 Å². The fraction of sp³-hybridized carbons (Fsp3) is 0.500. The van der Waals surface area contributed by atoms with Crippen LogP contribution in [0, 0.1) is 12.3 Å². The lowest BCUT2D eigenvalue weighted by atomic mass is 10.6. The van der Waals surface area contributed by atoms with Crippen molar-refractivity contribution in [3.63, 3.8) is 0 Å². The van der Waals surface area contributed by atoms with Crippen LogP contribution < -0.4 is 5.32 Å². The molecule has 10 heavy (non-hydrogen) atoms. The van der Waals surface area contributed by atoms with Crippen LogP contribution in [0.4, 0.5) is 0 Å². The Balaban J connectivity index is 2.78. The topological polar surface area (TPSA) is 12.0 Å². The van der Waals surface area contributed by atoms with Gasteiger partial charge in [-0.3, -0.25) is 0 Å². The number of thioether (sulfide) groups is 1. The van der Waals surface area contributed by atoms with Gasteiger partial charge in [0.1, 0.15) is 0 Å². The summed E-state index contributed by atoms with van der Waals surface area (Å²) >= 11 is 1.85. The zero-order valence-electron chi connectivity index (χ0n) is 6.10. The van der Waals surface area contributed by atoms with Crippen LogP contribution in [-0.4, -0.2) is 24.6 Å². The third-order valence-electron chi connectivity index (χ3n) is 0.886. The summed E-state index contributed by atoms with van der Waals surface area (Å²) < 4.78 is 0. The predicted molar refractivity (Wildman–Crippen MR) is 49.2 cm³/mol. The normalized spacial score (nSPS) is 8.70. The van der Waals surface area contributed by atoms with Crippen LogP contribution in [0.1, 0.15) is 0 Å². The lowest BCUT2D eigenvalue weighted by Gasteiger charge is -1.97. The fourth-order valence-electron chi connectivity index (χ4n) is 0.472. The first-order chi connectivity index (χ1) is 4.91. The second kappa shape index (κ2) is 8.61. The van der Waals surface area contributed by atoms with Gasteiger partial charge in [-0.1, -0.05) is 12.0 Å². The number of rotatable bonds is 6. The Labute approximate surface area is 67.3 Å². The smallest absolute Gasteiger partial charge is 0.0574 e. The van der Waals surface area contributed by atoms with E-state index in [0.29, 0.717) is 6.54 Å². The van der Waals surface area contributed by atoms with E-state index in [1.54, 1.807) is 0 Å². The molecule has 0 aromatic heterocycles. The average molecular weight is 155 g/mol. The quantitative estimate of drug-likeness (QED) is 0.350. The van der Waals surface area contributed by atoms with Gasteiger partial charge >= 0.3 is 0 Å². The Hall–Kier alpha value is -0.390. The van der Waals surface area contributed by atoms with Gasteiger partial charge in [0, 0.05) is 18.1 Å². The van der Waals surface area contributed by atoms with Crippen LogP contribution in [0.2, 0.25) is 0 Å². The first-order valence-electron chi connectivity index (χ1n) is 3.24. The van der Waals surface area contributed by atoms with Crippen LogP contribution >= 0.6 is 11.8 Å². The summed E-state index contributed by atoms with van der Waals surface area (Å²) in [6.45, 7) is 5.29. The predicted octanol–water partition coefficient (Wildman–Crippen LogP) is 1.13. The highest BCUT2D eigenvalue weighted by Gasteiger charge is 1.83. The molecule has 0 radical (unpaired) electrons. The van der Waals surface area contributed by atoms with Gasteiger partial charge in [-0.2, -0.15) is 11.8 Å². The van der Waals surface area contributed by atoms with E-state index in [9.17, 15) is 0 Å². The highest BCUT2D eigenvalue weighted by molar-refractivity contribution is 7.99. The number of terminal acetylenes is 1. The Morgan fingerprint density at radius 3 is 3.10 bits per heavy atom. The molecule has 0 bridgehead atoms. The lowest BCUT2D eigenvalue weighted by Crippen LogP contribution is -2.16. The molecule has 0 atom stereocenters. The van der Waals surface area contributed by atoms with E-state index in [2.05, 4.69) is 17.8 Å². The maximum atomic E-state index is 5.03. The summed E-state index contributed by atoms with van der Waals surface area (Å²) in [4.78, 5) is 0. The molecule has 0 aliphatic carbocycles. The monoisotopic (exact) mass is 155 g/mol. The van der Waals surface area contributed by atoms with Crippen molar-refractivity contribution < 1.29 is 0 Å². The molecule has 2 heteroatoms. The van der Waals surface area contributed by atoms with Crippen LogP contribution in [0.5, 0.6) is 0 Å². The summed E-state index contributed by atoms with van der Waals surface area (Å²) in [6.07, 6.45) is 6.94. The Morgan fingerprint density at radius 2 is 2.50 bits per heavy atom. The van der Waals surface area contributed by atoms with E-state index in [1.807, 2.05) is 17.8 Å². The van der Waals surface area contributed by atoms with Crippen molar-refractivity contribution >= 4 is 11.8 Å². The Morgan fingerprint density at radius 1 is 1.70 bits per heavy atom. The van der Waals surface area contributed by atoms with Gasteiger partial charge in [0.05, 0.1) is 6.54 Å². The van der Waals surface area contributed by atoms with E-state index in [0.717, 1.165) is 18.1 Å². The Kier molecular flexibility index (Phi) is 8.27. The zero-order chi connectivity index (χ0) is 7.66. The summed E-state index contributed by atoms with van der Waals surface area (Å²) in [6, 6.07) is 0. The molecule has 0 fully saturated rings. The van der Waals surface area contributed by atoms with Crippen molar-refractivity contribution in [2.75, 3.05) is 24.6 Å². The van der Waals surface area contributed by atoms with E-state index in [1.165, 1.54) is 0 Å². The summed E-state index contributed by atoms with van der Waals surface area (Å²) in [7, 11) is 0. The molecule has 0 spiro atoms. The maximum absolute atomic E-state index is 5.03. The highest BCUT2D eigenvalue weighted by atomic mass is 32.2. The van der Waals surface area contributed by atoms with Crippen LogP contribution in [-0.2, 0) is 0 Å². The van der Waals surface area contributed by atoms with Gasteiger partial charge in [-0.05, 0) is 0 Å². The standard InChI is InChI=1S/C8H13NS/c1-3-5-9-6-8-10-7-4-2/h1,4,9H,2,5-8H2. The molecule has 1 N–H and O–H groups in total. The minimum Gasteiger partial charge on any atom is -0.305 e. The van der Waals surface area contributed by atoms with Crippen LogP contribution in [0.25, 0.3) is 0 Å². The first kappa shape index (κ1) is 9.61. The molecule has 0 saturated heterocycles. The minimum atomic E-state index is 0.675. The SMILES string of the molecule is C#CCNCCSCC=C. The molecule has 0 aromatic carbocycles. The molecule has 1 nitrogen and oxygen atoms in total. The minimum absolute atomic E-state index is 0.675. The molecule has 0 saturated carbocycles. The second-order valence-electron chi connectivity index (χ2n) is 1.74. The highest BCUT2D eigenvalue weighted by Crippen LogP contribution is 1.96. The van der Waals surface area contributed by atoms with Crippen molar-refractivity contribution in [1.29, 1.82) is 0 Å². The molecule has 0 rings (SSSR count). The van der Waals surface area contributed by atoms with Gasteiger partial charge in [0.2, 0.25) is 0 Å². The molecule has 56 valence electrons. The number of hydrogen-bond donors (Lipinski definition) is 1. The van der Waals surface area contributed by atoms with Gasteiger partial charge in [0.25, 0.3) is 0 Å². The van der Waals surface area contributed by atoms with Gasteiger partial charge in [-0.25, -0.2) is 0 Å². The molecule has 0 unspecified atom stereocenters. The van der Waals surface area contributed by atoms with Crippen molar-refractivity contribution in [3.8, 4) is 12.3 Å². The van der Waals surface area contributed by atoms with E-state index < -0.39 is 0 Å².